The lowest BCUT2D eigenvalue weighted by Gasteiger charge is -2.18. The van der Waals surface area contributed by atoms with Crippen molar-refractivity contribution < 1.29 is 23.4 Å². The molecule has 1 aromatic heterocycles. The van der Waals surface area contributed by atoms with E-state index in [9.17, 15) is 23.4 Å². The van der Waals surface area contributed by atoms with Crippen LogP contribution < -0.4 is 0 Å². The summed E-state index contributed by atoms with van der Waals surface area (Å²) in [5.41, 5.74) is 2.88. The van der Waals surface area contributed by atoms with Crippen LogP contribution >= 0.6 is 0 Å². The fraction of sp³-hybridized carbons (Fsp3) is 0.333. The van der Waals surface area contributed by atoms with Crippen LogP contribution in [0.2, 0.25) is 0 Å². The maximum atomic E-state index is 13.0. The van der Waals surface area contributed by atoms with Crippen molar-refractivity contribution in [1.82, 2.24) is 9.55 Å². The lowest BCUT2D eigenvalue weighted by molar-refractivity contribution is 0.0697. The van der Waals surface area contributed by atoms with E-state index in [-0.39, 0.29) is 22.0 Å². The van der Waals surface area contributed by atoms with E-state index in [1.54, 1.807) is 47.9 Å². The van der Waals surface area contributed by atoms with E-state index in [4.69, 9.17) is 0 Å². The summed E-state index contributed by atoms with van der Waals surface area (Å²) in [7, 11) is -3.69. The highest BCUT2D eigenvalue weighted by molar-refractivity contribution is 7.91. The van der Waals surface area contributed by atoms with E-state index < -0.39 is 22.4 Å². The molecular formula is C24H28N2O5S. The number of unbranched alkanes of at least 4 members (excludes halogenated alkanes) is 1. The molecule has 0 fully saturated rings. The first-order valence-corrected chi connectivity index (χ1v) is 12.3. The lowest BCUT2D eigenvalue weighted by Crippen LogP contribution is -2.15. The number of aryl methyl sites for hydroxylation is 1. The van der Waals surface area contributed by atoms with Gasteiger partial charge in [0.25, 0.3) is 0 Å². The number of aliphatic hydroxyl groups excluding tert-OH is 1. The minimum atomic E-state index is -3.69. The van der Waals surface area contributed by atoms with Crippen LogP contribution in [-0.2, 0) is 22.9 Å². The number of rotatable bonds is 9. The Kier molecular flexibility index (Phi) is 7.16. The highest BCUT2D eigenvalue weighted by atomic mass is 32.2. The number of aromatic carboxylic acids is 1. The molecule has 3 aromatic rings. The van der Waals surface area contributed by atoms with Crippen molar-refractivity contribution in [2.24, 2.45) is 0 Å². The van der Waals surface area contributed by atoms with E-state index >= 15 is 0 Å². The first-order chi connectivity index (χ1) is 15.3. The molecule has 2 aromatic carbocycles. The number of hydrogen-bond donors (Lipinski definition) is 2. The van der Waals surface area contributed by atoms with Crippen molar-refractivity contribution in [2.75, 3.05) is 5.75 Å². The minimum Gasteiger partial charge on any atom is -0.478 e. The molecule has 3 rings (SSSR count). The van der Waals surface area contributed by atoms with Gasteiger partial charge in [0.1, 0.15) is 11.5 Å². The third kappa shape index (κ3) is 4.33. The van der Waals surface area contributed by atoms with Crippen LogP contribution in [-0.4, -0.2) is 39.9 Å². The summed E-state index contributed by atoms with van der Waals surface area (Å²) in [4.78, 5) is 16.3. The van der Waals surface area contributed by atoms with Crippen molar-refractivity contribution in [3.05, 3.63) is 65.1 Å². The topological polar surface area (TPSA) is 109 Å². The zero-order chi connectivity index (χ0) is 23.5. The first kappa shape index (κ1) is 23.7. The third-order valence-electron chi connectivity index (χ3n) is 5.54. The van der Waals surface area contributed by atoms with Gasteiger partial charge in [-0.2, -0.15) is 0 Å². The summed E-state index contributed by atoms with van der Waals surface area (Å²) in [6.07, 6.45) is 2.27. The molecule has 2 N–H and O–H groups in total. The first-order valence-electron chi connectivity index (χ1n) is 10.6. The molecule has 0 spiro atoms. The minimum absolute atomic E-state index is 0.000345. The van der Waals surface area contributed by atoms with E-state index in [1.165, 1.54) is 0 Å². The fourth-order valence-electron chi connectivity index (χ4n) is 3.87. The van der Waals surface area contributed by atoms with Gasteiger partial charge in [-0.25, -0.2) is 18.2 Å². The SMILES string of the molecule is CCCCc1nc(CO)c(S(=O)(=O)CC)n1-c1cccc(-c2ccccc2C(=O)O)c1C. The maximum Gasteiger partial charge on any atom is 0.336 e. The van der Waals surface area contributed by atoms with Crippen LogP contribution in [0.25, 0.3) is 16.8 Å². The highest BCUT2D eigenvalue weighted by Crippen LogP contribution is 2.33. The number of sulfone groups is 1. The molecule has 1 heterocycles. The van der Waals surface area contributed by atoms with Crippen molar-refractivity contribution >= 4 is 15.8 Å². The highest BCUT2D eigenvalue weighted by Gasteiger charge is 2.28. The Hall–Kier alpha value is -2.97. The Morgan fingerprint density at radius 2 is 1.75 bits per heavy atom. The second-order valence-corrected chi connectivity index (χ2v) is 9.77. The van der Waals surface area contributed by atoms with Crippen molar-refractivity contribution in [1.29, 1.82) is 0 Å². The van der Waals surface area contributed by atoms with Gasteiger partial charge in [-0.05, 0) is 42.2 Å². The molecule has 8 heteroatoms. The Morgan fingerprint density at radius 1 is 1.06 bits per heavy atom. The Balaban J connectivity index is 2.35. The Labute approximate surface area is 188 Å². The summed E-state index contributed by atoms with van der Waals surface area (Å²) >= 11 is 0. The molecule has 0 saturated carbocycles. The molecule has 0 unspecified atom stereocenters. The van der Waals surface area contributed by atoms with Gasteiger partial charge in [-0.3, -0.25) is 4.57 Å². The number of aliphatic hydroxyl groups is 1. The molecular weight excluding hydrogens is 428 g/mol. The van der Waals surface area contributed by atoms with Crippen molar-refractivity contribution in [3.8, 4) is 16.8 Å². The van der Waals surface area contributed by atoms with Gasteiger partial charge in [0.15, 0.2) is 14.9 Å². The number of imidazole rings is 1. The molecule has 0 aliphatic rings. The Bertz CT molecular complexity index is 1250. The van der Waals surface area contributed by atoms with Gasteiger partial charge < -0.3 is 10.2 Å². The monoisotopic (exact) mass is 456 g/mol. The molecule has 0 bridgehead atoms. The van der Waals surface area contributed by atoms with Gasteiger partial charge in [0, 0.05) is 6.42 Å². The average molecular weight is 457 g/mol. The van der Waals surface area contributed by atoms with Crippen molar-refractivity contribution in [2.45, 2.75) is 51.7 Å². The fourth-order valence-corrected chi connectivity index (χ4v) is 5.10. The molecule has 7 nitrogen and oxygen atoms in total. The van der Waals surface area contributed by atoms with Crippen LogP contribution in [0.5, 0.6) is 0 Å². The summed E-state index contributed by atoms with van der Waals surface area (Å²) in [6.45, 7) is 4.96. The normalized spacial score (nSPS) is 11.6. The summed E-state index contributed by atoms with van der Waals surface area (Å²) in [5, 5.41) is 19.5. The van der Waals surface area contributed by atoms with Gasteiger partial charge >= 0.3 is 5.97 Å². The standard InChI is InChI=1S/C24H28N2O5S/c1-4-6-14-22-25-20(15-27)23(32(30,31)5-2)26(22)21-13-9-12-17(16(21)3)18-10-7-8-11-19(18)24(28)29/h7-13,27H,4-6,14-15H2,1-3H3,(H,28,29). The zero-order valence-electron chi connectivity index (χ0n) is 18.5. The van der Waals surface area contributed by atoms with Gasteiger partial charge in [-0.1, -0.05) is 50.6 Å². The van der Waals surface area contributed by atoms with E-state index in [1.807, 2.05) is 19.9 Å². The summed E-state index contributed by atoms with van der Waals surface area (Å²) in [6, 6.07) is 12.1. The quantitative estimate of drug-likeness (QED) is 0.500. The molecule has 0 radical (unpaired) electrons. The molecule has 0 amide bonds. The van der Waals surface area contributed by atoms with Crippen LogP contribution in [0.3, 0.4) is 0 Å². The van der Waals surface area contributed by atoms with Crippen LogP contribution in [0.4, 0.5) is 0 Å². The molecule has 170 valence electrons. The zero-order valence-corrected chi connectivity index (χ0v) is 19.3. The smallest absolute Gasteiger partial charge is 0.336 e. The number of hydrogen-bond acceptors (Lipinski definition) is 5. The molecule has 32 heavy (non-hydrogen) atoms. The van der Waals surface area contributed by atoms with Gasteiger partial charge in [0.2, 0.25) is 0 Å². The van der Waals surface area contributed by atoms with Crippen molar-refractivity contribution in [3.63, 3.8) is 0 Å². The maximum absolute atomic E-state index is 13.0. The predicted octanol–water partition coefficient (Wildman–Crippen LogP) is 4.17. The molecule has 0 saturated heterocycles. The van der Waals surface area contributed by atoms with Gasteiger partial charge in [-0.15, -0.1) is 0 Å². The third-order valence-corrected chi connectivity index (χ3v) is 7.31. The van der Waals surface area contributed by atoms with E-state index in [0.717, 1.165) is 18.4 Å². The number of nitrogens with zero attached hydrogens (tertiary/aromatic N) is 2. The molecule has 0 atom stereocenters. The summed E-state index contributed by atoms with van der Waals surface area (Å²) < 4.78 is 27.7. The molecule has 0 aliphatic carbocycles. The number of carboxylic acids is 1. The average Bonchev–Trinajstić information content (AvgIpc) is 3.17. The number of carboxylic acid groups (broad SMARTS) is 1. The number of benzene rings is 2. The Morgan fingerprint density at radius 3 is 2.38 bits per heavy atom. The van der Waals surface area contributed by atoms with Crippen LogP contribution in [0.15, 0.2) is 47.5 Å². The van der Waals surface area contributed by atoms with Gasteiger partial charge in [0.05, 0.1) is 23.6 Å². The second kappa shape index (κ2) is 9.67. The van der Waals surface area contributed by atoms with Crippen LogP contribution in [0, 0.1) is 6.92 Å². The van der Waals surface area contributed by atoms with E-state index in [0.29, 0.717) is 29.1 Å². The van der Waals surface area contributed by atoms with E-state index in [2.05, 4.69) is 4.98 Å². The number of carbonyl (C=O) groups is 1. The molecule has 0 aliphatic heterocycles. The largest absolute Gasteiger partial charge is 0.478 e. The lowest BCUT2D eigenvalue weighted by atomic mass is 9.95. The second-order valence-electron chi connectivity index (χ2n) is 7.58. The summed E-state index contributed by atoms with van der Waals surface area (Å²) in [5.74, 6) is -0.595. The van der Waals surface area contributed by atoms with Crippen LogP contribution in [0.1, 0.15) is 54.1 Å². The number of aromatic nitrogens is 2. The predicted molar refractivity (Wildman–Crippen MR) is 123 cm³/mol.